The Balaban J connectivity index is 1.05. The van der Waals surface area contributed by atoms with E-state index in [1.54, 1.807) is 12.1 Å². The Morgan fingerprint density at radius 2 is 1.02 bits per heavy atom. The second-order valence-corrected chi connectivity index (χ2v) is 19.1. The van der Waals surface area contributed by atoms with Crippen LogP contribution in [0.5, 0.6) is 11.5 Å². The number of aromatic nitrogens is 2. The lowest BCUT2D eigenvalue weighted by Crippen LogP contribution is -2.61. The van der Waals surface area contributed by atoms with Gasteiger partial charge in [-0.25, -0.2) is 9.59 Å². The van der Waals surface area contributed by atoms with Crippen LogP contribution in [0, 0.1) is 47.3 Å². The first-order valence-corrected chi connectivity index (χ1v) is 22.9. The van der Waals surface area contributed by atoms with Gasteiger partial charge in [0.2, 0.25) is 23.6 Å². The summed E-state index contributed by atoms with van der Waals surface area (Å²) < 4.78 is 12.3. The molecule has 4 aromatic rings. The molecule has 2 aromatic heterocycles. The average Bonchev–Trinajstić information content (AvgIpc) is 3.90. The van der Waals surface area contributed by atoms with E-state index >= 15 is 0 Å². The fourth-order valence-corrected chi connectivity index (χ4v) is 11.4. The molecule has 4 bridgehead atoms. The van der Waals surface area contributed by atoms with E-state index in [9.17, 15) is 39.0 Å². The third-order valence-electron chi connectivity index (χ3n) is 14.4. The number of phenols is 2. The summed E-state index contributed by atoms with van der Waals surface area (Å²) in [5.74, 6) is -8.77. The monoisotopic (exact) mass is 895 g/mol. The molecule has 6 saturated carbocycles. The number of fused-ring (bicyclic) bond motifs is 8. The molecule has 6 aliphatic rings. The lowest BCUT2D eigenvalue weighted by Gasteiger charge is -2.51. The Hall–Kier alpha value is -5.94. The van der Waals surface area contributed by atoms with Crippen molar-refractivity contribution in [2.45, 2.75) is 63.6 Å². The van der Waals surface area contributed by atoms with Crippen LogP contribution in [0.1, 0.15) is 72.1 Å². The number of esters is 2. The van der Waals surface area contributed by atoms with Gasteiger partial charge in [0.15, 0.2) is 0 Å². The zero-order valence-corrected chi connectivity index (χ0v) is 37.4. The number of hydrogen-bond donors (Lipinski definition) is 7. The molecule has 0 radical (unpaired) electrons. The number of aromatic hydroxyl groups is 2. The first kappa shape index (κ1) is 45.6. The number of amides is 4. The minimum atomic E-state index is -1.03. The number of phenolic OH excluding ortho intramolecular Hbond substituents is 2. The van der Waals surface area contributed by atoms with Crippen molar-refractivity contribution >= 4 is 57.4 Å². The number of ether oxygens (including phenoxy) is 2. The molecular weight excluding hydrogens is 835 g/mol. The van der Waals surface area contributed by atoms with E-state index in [-0.39, 0.29) is 46.3 Å². The predicted octanol–water partition coefficient (Wildman–Crippen LogP) is 3.91. The van der Waals surface area contributed by atoms with Crippen molar-refractivity contribution < 1.29 is 48.5 Å². The predicted molar refractivity (Wildman–Crippen MR) is 239 cm³/mol. The van der Waals surface area contributed by atoms with Crippen LogP contribution in [0.15, 0.2) is 48.8 Å². The van der Waals surface area contributed by atoms with Crippen molar-refractivity contribution in [2.24, 2.45) is 47.3 Å². The molecule has 2 aromatic carbocycles. The largest absolute Gasteiger partial charge is 0.508 e. The molecule has 0 aliphatic heterocycles. The van der Waals surface area contributed by atoms with Gasteiger partial charge in [-0.05, 0) is 141 Å². The van der Waals surface area contributed by atoms with Gasteiger partial charge in [0.25, 0.3) is 0 Å². The first-order valence-electron chi connectivity index (χ1n) is 22.9. The number of nitrogens with one attached hydrogen (secondary N) is 5. The van der Waals surface area contributed by atoms with Crippen LogP contribution >= 0.6 is 0 Å². The summed E-state index contributed by atoms with van der Waals surface area (Å²) in [6.45, 7) is 2.27. The molecule has 10 unspecified atom stereocenters. The zero-order valence-electron chi connectivity index (χ0n) is 37.4. The van der Waals surface area contributed by atoms with Crippen molar-refractivity contribution in [1.29, 1.82) is 0 Å². The van der Waals surface area contributed by atoms with Gasteiger partial charge in [-0.1, -0.05) is 0 Å². The molecule has 7 N–H and O–H groups in total. The van der Waals surface area contributed by atoms with Crippen LogP contribution in [0.4, 0.5) is 0 Å². The van der Waals surface area contributed by atoms with Crippen molar-refractivity contribution in [3.8, 4) is 11.5 Å². The van der Waals surface area contributed by atoms with E-state index in [1.807, 2.05) is 38.0 Å². The highest BCUT2D eigenvalue weighted by molar-refractivity contribution is 6.06. The molecule has 2 heterocycles. The highest BCUT2D eigenvalue weighted by Crippen LogP contribution is 2.52. The van der Waals surface area contributed by atoms with Gasteiger partial charge in [-0.3, -0.25) is 24.5 Å². The maximum atomic E-state index is 14.9. The van der Waals surface area contributed by atoms with Gasteiger partial charge in [0.05, 0.1) is 34.8 Å². The number of benzene rings is 2. The maximum Gasteiger partial charge on any atom is 0.340 e. The summed E-state index contributed by atoms with van der Waals surface area (Å²) >= 11 is 0. The lowest BCUT2D eigenvalue weighted by atomic mass is 9.56. The highest BCUT2D eigenvalue weighted by Gasteiger charge is 2.58. The van der Waals surface area contributed by atoms with E-state index in [1.165, 1.54) is 36.7 Å². The van der Waals surface area contributed by atoms with E-state index in [4.69, 9.17) is 9.47 Å². The SMILES string of the molecule is CN(C)CCCNC(=O)C1C2CCC(C(OC(=O)c3c[nH]c4ccc(O)cc34)C2)C1C(=O)NC(=O)C1C2CCC(CC2OC(=O)c2c[nH]c3ccc(O)cc23)C1C(=O)NCCCN(C)C. The number of H-pyrrole nitrogens is 2. The topological polar surface area (TPSA) is 235 Å². The van der Waals surface area contributed by atoms with Crippen LogP contribution in [0.25, 0.3) is 21.8 Å². The van der Waals surface area contributed by atoms with Gasteiger partial charge in [0, 0.05) is 59.1 Å². The van der Waals surface area contributed by atoms with Gasteiger partial charge >= 0.3 is 11.9 Å². The Morgan fingerprint density at radius 3 is 1.42 bits per heavy atom. The summed E-state index contributed by atoms with van der Waals surface area (Å²) in [6, 6.07) is 9.28. The van der Waals surface area contributed by atoms with Crippen molar-refractivity contribution in [3.05, 3.63) is 59.9 Å². The van der Waals surface area contributed by atoms with E-state index in [2.05, 4.69) is 25.9 Å². The van der Waals surface area contributed by atoms with Crippen LogP contribution in [-0.2, 0) is 28.7 Å². The lowest BCUT2D eigenvalue weighted by molar-refractivity contribution is -0.162. The summed E-state index contributed by atoms with van der Waals surface area (Å²) in [7, 11) is 7.78. The molecule has 348 valence electrons. The molecular formula is C48H61N7O10. The maximum absolute atomic E-state index is 14.9. The minimum absolute atomic E-state index is 0.0149. The van der Waals surface area contributed by atoms with Gasteiger partial charge < -0.3 is 50.1 Å². The number of carbonyl (C=O) groups is 6. The Kier molecular flexibility index (Phi) is 13.5. The number of imide groups is 1. The normalized spacial score (nSPS) is 26.9. The van der Waals surface area contributed by atoms with Crippen LogP contribution in [0.2, 0.25) is 0 Å². The number of carbonyl (C=O) groups excluding carboxylic acids is 6. The molecule has 17 nitrogen and oxygen atoms in total. The molecule has 6 aliphatic carbocycles. The molecule has 17 heteroatoms. The number of aromatic amines is 2. The molecule has 10 rings (SSSR count). The average molecular weight is 896 g/mol. The Morgan fingerprint density at radius 1 is 0.600 bits per heavy atom. The van der Waals surface area contributed by atoms with E-state index < -0.39 is 71.5 Å². The van der Waals surface area contributed by atoms with Crippen molar-refractivity contribution in [1.82, 2.24) is 35.7 Å². The quantitative estimate of drug-likeness (QED) is 0.0482. The van der Waals surface area contributed by atoms with Crippen LogP contribution in [-0.4, -0.2) is 132 Å². The van der Waals surface area contributed by atoms with Crippen LogP contribution in [0.3, 0.4) is 0 Å². The standard InChI is InChI=1S/C48H61N7O10/c1-54(2)17-5-15-49-43(58)39-25-7-11-29(37(19-25)64-47(62)33-23-51-35-13-9-27(56)21-31(33)35)41(39)45(60)53-46(61)42-30-12-8-26(40(42)44(59)50-16-6-18-55(3)4)20-38(30)65-48(63)34-24-52-36-14-10-28(57)22-32(34)36/h9-10,13-14,21-26,29-30,37-42,51-52,56-57H,5-8,11-12,15-20H2,1-4H3,(H,49,58)(H,50,59)(H,53,60,61). The third kappa shape index (κ3) is 9.57. The number of rotatable bonds is 16. The third-order valence-corrected chi connectivity index (χ3v) is 14.4. The van der Waals surface area contributed by atoms with E-state index in [0.717, 1.165) is 13.1 Å². The minimum Gasteiger partial charge on any atom is -0.508 e. The highest BCUT2D eigenvalue weighted by atomic mass is 16.5. The fourth-order valence-electron chi connectivity index (χ4n) is 11.4. The van der Waals surface area contributed by atoms with Crippen molar-refractivity contribution in [3.63, 3.8) is 0 Å². The smallest absolute Gasteiger partial charge is 0.340 e. The summed E-state index contributed by atoms with van der Waals surface area (Å²) in [5, 5.41) is 30.0. The van der Waals surface area contributed by atoms with Gasteiger partial charge in [-0.2, -0.15) is 0 Å². The first-order chi connectivity index (χ1) is 31.2. The van der Waals surface area contributed by atoms with Crippen LogP contribution < -0.4 is 16.0 Å². The Bertz CT molecular complexity index is 2280. The van der Waals surface area contributed by atoms with Gasteiger partial charge in [0.1, 0.15) is 23.7 Å². The molecule has 10 atom stereocenters. The molecule has 4 amide bonds. The fraction of sp³-hybridized carbons (Fsp3) is 0.542. The Labute approximate surface area is 377 Å². The summed E-state index contributed by atoms with van der Waals surface area (Å²) in [4.78, 5) is 95.7. The second kappa shape index (κ2) is 19.3. The molecule has 0 spiro atoms. The van der Waals surface area contributed by atoms with Crippen molar-refractivity contribution in [2.75, 3.05) is 54.4 Å². The van der Waals surface area contributed by atoms with E-state index in [0.29, 0.717) is 86.3 Å². The van der Waals surface area contributed by atoms with Gasteiger partial charge in [-0.15, -0.1) is 0 Å². The second-order valence-electron chi connectivity index (χ2n) is 19.1. The number of hydrogen-bond acceptors (Lipinski definition) is 12. The molecule has 0 saturated heterocycles. The summed E-state index contributed by atoms with van der Waals surface area (Å²) in [5.41, 5.74) is 1.71. The molecule has 6 fully saturated rings. The number of nitrogens with zero attached hydrogens (tertiary/aromatic N) is 2. The summed E-state index contributed by atoms with van der Waals surface area (Å²) in [6.07, 6.45) is 5.82. The zero-order chi connectivity index (χ0) is 46.1. The molecule has 65 heavy (non-hydrogen) atoms.